The molecule has 0 aliphatic rings. The molecule has 0 spiro atoms. The zero-order chi connectivity index (χ0) is 13.7. The van der Waals surface area contributed by atoms with E-state index >= 15 is 0 Å². The van der Waals surface area contributed by atoms with Crippen molar-refractivity contribution in [3.05, 3.63) is 35.4 Å². The van der Waals surface area contributed by atoms with E-state index in [0.717, 1.165) is 35.4 Å². The van der Waals surface area contributed by atoms with Gasteiger partial charge in [-0.25, -0.2) is 0 Å². The maximum Gasteiger partial charge on any atom is 0.191 e. The summed E-state index contributed by atoms with van der Waals surface area (Å²) in [4.78, 5) is 4.39. The van der Waals surface area contributed by atoms with Crippen LogP contribution in [-0.2, 0) is 18.8 Å². The fourth-order valence-corrected chi connectivity index (χ4v) is 2.85. The molecule has 2 heterocycles. The number of aryl methyl sites for hydroxylation is 1. The number of hydrogen-bond acceptors (Lipinski definition) is 5. The molecule has 0 bridgehead atoms. The molecule has 0 amide bonds. The molecule has 19 heavy (non-hydrogen) atoms. The predicted octanol–water partition coefficient (Wildman–Crippen LogP) is 2.14. The van der Waals surface area contributed by atoms with Gasteiger partial charge in [-0.1, -0.05) is 24.8 Å². The number of aromatic nitrogens is 4. The van der Waals surface area contributed by atoms with Crippen molar-refractivity contribution in [2.75, 3.05) is 0 Å². The normalized spacial score (nSPS) is 10.9. The van der Waals surface area contributed by atoms with Crippen molar-refractivity contribution in [1.82, 2.24) is 19.7 Å². The predicted molar refractivity (Wildman–Crippen MR) is 76.7 cm³/mol. The summed E-state index contributed by atoms with van der Waals surface area (Å²) in [5.74, 6) is 1.65. The third kappa shape index (κ3) is 3.33. The van der Waals surface area contributed by atoms with Crippen LogP contribution in [-0.4, -0.2) is 19.7 Å². The van der Waals surface area contributed by atoms with Crippen molar-refractivity contribution in [3.63, 3.8) is 0 Å². The van der Waals surface area contributed by atoms with Gasteiger partial charge in [0, 0.05) is 18.5 Å². The second-order valence-electron chi connectivity index (χ2n) is 4.31. The van der Waals surface area contributed by atoms with E-state index in [2.05, 4.69) is 39.7 Å². The molecule has 0 aliphatic heterocycles. The summed E-state index contributed by atoms with van der Waals surface area (Å²) in [5.41, 5.74) is 7.98. The lowest BCUT2D eigenvalue weighted by molar-refractivity contribution is 0.592. The van der Waals surface area contributed by atoms with E-state index < -0.39 is 0 Å². The third-order valence-electron chi connectivity index (χ3n) is 2.88. The van der Waals surface area contributed by atoms with E-state index in [9.17, 15) is 0 Å². The van der Waals surface area contributed by atoms with Crippen LogP contribution < -0.4 is 5.73 Å². The minimum absolute atomic E-state index is 0.427. The minimum atomic E-state index is 0.427. The first-order valence-electron chi connectivity index (χ1n) is 6.41. The summed E-state index contributed by atoms with van der Waals surface area (Å²) in [6.45, 7) is 5.54. The average Bonchev–Trinajstić information content (AvgIpc) is 2.81. The van der Waals surface area contributed by atoms with Crippen LogP contribution in [0, 0.1) is 6.92 Å². The molecule has 0 unspecified atom stereocenters. The first-order valence-corrected chi connectivity index (χ1v) is 7.40. The Morgan fingerprint density at radius 1 is 1.37 bits per heavy atom. The quantitative estimate of drug-likeness (QED) is 0.819. The maximum atomic E-state index is 5.68. The van der Waals surface area contributed by atoms with E-state index in [1.165, 1.54) is 5.56 Å². The summed E-state index contributed by atoms with van der Waals surface area (Å²) < 4.78 is 2.10. The summed E-state index contributed by atoms with van der Waals surface area (Å²) in [7, 11) is 0. The van der Waals surface area contributed by atoms with E-state index in [-0.39, 0.29) is 0 Å². The van der Waals surface area contributed by atoms with Gasteiger partial charge < -0.3 is 10.3 Å². The van der Waals surface area contributed by atoms with Crippen LogP contribution in [0.4, 0.5) is 0 Å². The van der Waals surface area contributed by atoms with E-state index in [1.54, 1.807) is 11.8 Å². The molecule has 0 saturated carbocycles. The molecule has 6 heteroatoms. The molecule has 0 aromatic carbocycles. The Hall–Kier alpha value is -1.40. The molecule has 0 radical (unpaired) electrons. The van der Waals surface area contributed by atoms with Crippen molar-refractivity contribution >= 4 is 11.8 Å². The third-order valence-corrected chi connectivity index (χ3v) is 3.86. The van der Waals surface area contributed by atoms with E-state index in [0.29, 0.717) is 6.54 Å². The molecular formula is C13H19N5S. The Bertz CT molecular complexity index is 538. The summed E-state index contributed by atoms with van der Waals surface area (Å²) in [6, 6.07) is 4.03. The molecule has 0 atom stereocenters. The van der Waals surface area contributed by atoms with Crippen molar-refractivity contribution in [1.29, 1.82) is 0 Å². The van der Waals surface area contributed by atoms with Gasteiger partial charge in [0.15, 0.2) is 5.16 Å². The van der Waals surface area contributed by atoms with Crippen molar-refractivity contribution in [2.24, 2.45) is 5.73 Å². The van der Waals surface area contributed by atoms with Crippen molar-refractivity contribution in [3.8, 4) is 0 Å². The lowest BCUT2D eigenvalue weighted by atomic mass is 10.2. The highest BCUT2D eigenvalue weighted by atomic mass is 32.2. The number of nitrogens with two attached hydrogens (primary N) is 1. The summed E-state index contributed by atoms with van der Waals surface area (Å²) in [6.07, 6.45) is 2.87. The van der Waals surface area contributed by atoms with Gasteiger partial charge in [-0.3, -0.25) is 4.98 Å². The van der Waals surface area contributed by atoms with Gasteiger partial charge in [-0.05, 0) is 25.0 Å². The van der Waals surface area contributed by atoms with Crippen LogP contribution in [0.2, 0.25) is 0 Å². The number of thioether (sulfide) groups is 1. The first kappa shape index (κ1) is 14.0. The Balaban J connectivity index is 2.11. The number of nitrogens with zero attached hydrogens (tertiary/aromatic N) is 4. The average molecular weight is 277 g/mol. The molecule has 2 rings (SSSR count). The van der Waals surface area contributed by atoms with Crippen LogP contribution in [0.25, 0.3) is 0 Å². The fraction of sp³-hybridized carbons (Fsp3) is 0.462. The second-order valence-corrected chi connectivity index (χ2v) is 5.25. The van der Waals surface area contributed by atoms with Gasteiger partial charge in [0.2, 0.25) is 0 Å². The number of hydrogen-bond donors (Lipinski definition) is 1. The molecule has 102 valence electrons. The highest BCUT2D eigenvalue weighted by Gasteiger charge is 2.11. The van der Waals surface area contributed by atoms with Crippen molar-refractivity contribution < 1.29 is 0 Å². The maximum absolute atomic E-state index is 5.68. The van der Waals surface area contributed by atoms with E-state index in [1.807, 2.05) is 12.3 Å². The SMILES string of the molecule is CCCn1c(CN)nnc1SCc1ncccc1C. The van der Waals surface area contributed by atoms with Crippen LogP contribution in [0.3, 0.4) is 0 Å². The molecular weight excluding hydrogens is 258 g/mol. The standard InChI is InChI=1S/C13H19N5S/c1-3-7-18-12(8-14)16-17-13(18)19-9-11-10(2)5-4-6-15-11/h4-6H,3,7-9,14H2,1-2H3. The summed E-state index contributed by atoms with van der Waals surface area (Å²) in [5, 5.41) is 9.28. The Morgan fingerprint density at radius 3 is 2.89 bits per heavy atom. The highest BCUT2D eigenvalue weighted by molar-refractivity contribution is 7.98. The molecule has 2 aromatic heterocycles. The molecule has 0 fully saturated rings. The fourth-order valence-electron chi connectivity index (χ4n) is 1.83. The smallest absolute Gasteiger partial charge is 0.191 e. The lowest BCUT2D eigenvalue weighted by Crippen LogP contribution is -2.09. The molecule has 0 aliphatic carbocycles. The van der Waals surface area contributed by atoms with Crippen LogP contribution in [0.5, 0.6) is 0 Å². The van der Waals surface area contributed by atoms with E-state index in [4.69, 9.17) is 5.73 Å². The molecule has 0 saturated heterocycles. The number of pyridine rings is 1. The lowest BCUT2D eigenvalue weighted by Gasteiger charge is -2.08. The zero-order valence-corrected chi connectivity index (χ0v) is 12.2. The second kappa shape index (κ2) is 6.68. The van der Waals surface area contributed by atoms with Gasteiger partial charge in [0.05, 0.1) is 12.2 Å². The summed E-state index contributed by atoms with van der Waals surface area (Å²) >= 11 is 1.66. The molecule has 2 aromatic rings. The van der Waals surface area contributed by atoms with Crippen molar-refractivity contribution in [2.45, 2.75) is 44.3 Å². The highest BCUT2D eigenvalue weighted by Crippen LogP contribution is 2.22. The Kier molecular flexibility index (Phi) is 4.93. The van der Waals surface area contributed by atoms with Gasteiger partial charge >= 0.3 is 0 Å². The van der Waals surface area contributed by atoms with Gasteiger partial charge in [0.25, 0.3) is 0 Å². The molecule has 5 nitrogen and oxygen atoms in total. The Morgan fingerprint density at radius 2 is 2.21 bits per heavy atom. The zero-order valence-electron chi connectivity index (χ0n) is 11.3. The molecule has 2 N–H and O–H groups in total. The largest absolute Gasteiger partial charge is 0.324 e. The Labute approximate surface area is 117 Å². The van der Waals surface area contributed by atoms with Crippen LogP contribution in [0.1, 0.15) is 30.4 Å². The number of rotatable bonds is 6. The van der Waals surface area contributed by atoms with Crippen LogP contribution >= 0.6 is 11.8 Å². The minimum Gasteiger partial charge on any atom is -0.324 e. The van der Waals surface area contributed by atoms with Crippen LogP contribution in [0.15, 0.2) is 23.5 Å². The first-order chi connectivity index (χ1) is 9.26. The van der Waals surface area contributed by atoms with Gasteiger partial charge in [-0.15, -0.1) is 10.2 Å². The van der Waals surface area contributed by atoms with Gasteiger partial charge in [-0.2, -0.15) is 0 Å². The monoisotopic (exact) mass is 277 g/mol. The van der Waals surface area contributed by atoms with Gasteiger partial charge in [0.1, 0.15) is 5.82 Å². The topological polar surface area (TPSA) is 69.6 Å².